The molecule has 3 heterocycles. The molecule has 28 heavy (non-hydrogen) atoms. The van der Waals surface area contributed by atoms with Crippen molar-refractivity contribution < 1.29 is 4.79 Å². The molecule has 0 saturated carbocycles. The molecule has 0 radical (unpaired) electrons. The van der Waals surface area contributed by atoms with Gasteiger partial charge in [0.05, 0.1) is 11.4 Å². The van der Waals surface area contributed by atoms with Gasteiger partial charge >= 0.3 is 0 Å². The molecule has 0 spiro atoms. The monoisotopic (exact) mass is 393 g/mol. The Morgan fingerprint density at radius 2 is 1.96 bits per heavy atom. The van der Waals surface area contributed by atoms with Crippen LogP contribution in [-0.2, 0) is 4.79 Å². The Kier molecular flexibility index (Phi) is 5.43. The number of amides is 1. The van der Waals surface area contributed by atoms with Crippen molar-refractivity contribution in [2.24, 2.45) is 0 Å². The van der Waals surface area contributed by atoms with Crippen LogP contribution in [0.15, 0.2) is 47.9 Å². The standard InChI is InChI=1S/C21H23N5OS/c1-15-7-8-16(2)18(12-15)26-20(17-6-5-9-22-13-17)23-24-21(26)28-14-19(27)25-10-3-4-11-25/h5-9,12-13H,3-4,10-11,14H2,1-2H3. The molecule has 0 bridgehead atoms. The van der Waals surface area contributed by atoms with Gasteiger partial charge in [-0.3, -0.25) is 14.3 Å². The Morgan fingerprint density at radius 1 is 1.14 bits per heavy atom. The summed E-state index contributed by atoms with van der Waals surface area (Å²) in [5.41, 5.74) is 4.22. The second-order valence-electron chi connectivity index (χ2n) is 7.05. The van der Waals surface area contributed by atoms with Gasteiger partial charge in [-0.15, -0.1) is 10.2 Å². The Labute approximate surface area is 169 Å². The molecule has 1 aliphatic rings. The van der Waals surface area contributed by atoms with E-state index in [1.807, 2.05) is 21.6 Å². The summed E-state index contributed by atoms with van der Waals surface area (Å²) in [7, 11) is 0. The first-order chi connectivity index (χ1) is 13.6. The second-order valence-corrected chi connectivity index (χ2v) is 7.99. The number of thioether (sulfide) groups is 1. The Balaban J connectivity index is 1.71. The van der Waals surface area contributed by atoms with E-state index < -0.39 is 0 Å². The van der Waals surface area contributed by atoms with E-state index in [-0.39, 0.29) is 5.91 Å². The highest BCUT2D eigenvalue weighted by Crippen LogP contribution is 2.30. The van der Waals surface area contributed by atoms with E-state index in [1.54, 1.807) is 12.4 Å². The number of likely N-dealkylation sites (tertiary alicyclic amines) is 1. The fraction of sp³-hybridized carbons (Fsp3) is 0.333. The van der Waals surface area contributed by atoms with E-state index >= 15 is 0 Å². The van der Waals surface area contributed by atoms with Crippen molar-refractivity contribution in [1.29, 1.82) is 0 Å². The topological polar surface area (TPSA) is 63.9 Å². The third-order valence-electron chi connectivity index (χ3n) is 4.94. The zero-order valence-electron chi connectivity index (χ0n) is 16.1. The SMILES string of the molecule is Cc1ccc(C)c(-n2c(SCC(=O)N3CCCC3)nnc2-c2cccnc2)c1. The maximum Gasteiger partial charge on any atom is 0.233 e. The molecule has 4 rings (SSSR count). The molecule has 2 aromatic heterocycles. The van der Waals surface area contributed by atoms with Gasteiger partial charge in [0.25, 0.3) is 0 Å². The van der Waals surface area contributed by atoms with Gasteiger partial charge in [-0.25, -0.2) is 0 Å². The van der Waals surface area contributed by atoms with Gasteiger partial charge in [-0.1, -0.05) is 23.9 Å². The summed E-state index contributed by atoms with van der Waals surface area (Å²) in [5.74, 6) is 1.27. The van der Waals surface area contributed by atoms with Crippen molar-refractivity contribution in [3.8, 4) is 17.1 Å². The molecule has 1 amide bonds. The molecule has 1 aliphatic heterocycles. The van der Waals surface area contributed by atoms with Crippen molar-refractivity contribution in [3.63, 3.8) is 0 Å². The molecule has 6 nitrogen and oxygen atoms in total. The summed E-state index contributed by atoms with van der Waals surface area (Å²) < 4.78 is 2.04. The van der Waals surface area contributed by atoms with Gasteiger partial charge in [-0.05, 0) is 56.0 Å². The van der Waals surface area contributed by atoms with E-state index in [2.05, 4.69) is 47.2 Å². The summed E-state index contributed by atoms with van der Waals surface area (Å²) in [5, 5.41) is 9.57. The third kappa shape index (κ3) is 3.80. The van der Waals surface area contributed by atoms with Crippen molar-refractivity contribution in [2.45, 2.75) is 31.8 Å². The molecular weight excluding hydrogens is 370 g/mol. The van der Waals surface area contributed by atoms with Crippen LogP contribution in [0.1, 0.15) is 24.0 Å². The van der Waals surface area contributed by atoms with Crippen LogP contribution in [0.2, 0.25) is 0 Å². The van der Waals surface area contributed by atoms with Gasteiger partial charge in [0, 0.05) is 31.0 Å². The van der Waals surface area contributed by atoms with Crippen LogP contribution in [0.25, 0.3) is 17.1 Å². The summed E-state index contributed by atoms with van der Waals surface area (Å²) in [6.45, 7) is 5.88. The Morgan fingerprint density at radius 3 is 2.71 bits per heavy atom. The van der Waals surface area contributed by atoms with Crippen LogP contribution in [0.5, 0.6) is 0 Å². The molecule has 3 aromatic rings. The zero-order chi connectivity index (χ0) is 19.5. The van der Waals surface area contributed by atoms with Gasteiger partial charge < -0.3 is 4.90 Å². The van der Waals surface area contributed by atoms with Crippen LogP contribution in [0, 0.1) is 13.8 Å². The van der Waals surface area contributed by atoms with E-state index in [9.17, 15) is 4.79 Å². The quantitative estimate of drug-likeness (QED) is 0.619. The number of benzene rings is 1. The predicted molar refractivity (Wildman–Crippen MR) is 111 cm³/mol. The summed E-state index contributed by atoms with van der Waals surface area (Å²) in [6.07, 6.45) is 5.72. The average Bonchev–Trinajstić information content (AvgIpc) is 3.39. The molecule has 1 saturated heterocycles. The van der Waals surface area contributed by atoms with E-state index in [0.717, 1.165) is 59.3 Å². The molecule has 1 aromatic carbocycles. The van der Waals surface area contributed by atoms with E-state index in [4.69, 9.17) is 0 Å². The number of nitrogens with zero attached hydrogens (tertiary/aromatic N) is 5. The molecule has 144 valence electrons. The zero-order valence-corrected chi connectivity index (χ0v) is 16.9. The number of aromatic nitrogens is 4. The van der Waals surface area contributed by atoms with Crippen LogP contribution in [0.3, 0.4) is 0 Å². The van der Waals surface area contributed by atoms with Crippen LogP contribution < -0.4 is 0 Å². The second kappa shape index (κ2) is 8.14. The van der Waals surface area contributed by atoms with Gasteiger partial charge in [0.15, 0.2) is 11.0 Å². The molecule has 0 aliphatic carbocycles. The maximum atomic E-state index is 12.5. The fourth-order valence-electron chi connectivity index (χ4n) is 3.41. The number of pyridine rings is 1. The Bertz CT molecular complexity index is 980. The lowest BCUT2D eigenvalue weighted by Crippen LogP contribution is -2.29. The maximum absolute atomic E-state index is 12.5. The van der Waals surface area contributed by atoms with Crippen LogP contribution >= 0.6 is 11.8 Å². The van der Waals surface area contributed by atoms with Crippen molar-refractivity contribution >= 4 is 17.7 Å². The highest BCUT2D eigenvalue weighted by Gasteiger charge is 2.22. The lowest BCUT2D eigenvalue weighted by Gasteiger charge is -2.16. The number of carbonyl (C=O) groups excluding carboxylic acids is 1. The van der Waals surface area contributed by atoms with Crippen molar-refractivity contribution in [3.05, 3.63) is 53.9 Å². The summed E-state index contributed by atoms with van der Waals surface area (Å²) >= 11 is 1.44. The largest absolute Gasteiger partial charge is 0.342 e. The number of hydrogen-bond acceptors (Lipinski definition) is 5. The molecule has 0 N–H and O–H groups in total. The molecular formula is C21H23N5OS. The lowest BCUT2D eigenvalue weighted by molar-refractivity contribution is -0.127. The van der Waals surface area contributed by atoms with Gasteiger partial charge in [0.2, 0.25) is 5.91 Å². The third-order valence-corrected chi connectivity index (χ3v) is 5.86. The predicted octanol–water partition coefficient (Wildman–Crippen LogP) is 3.66. The van der Waals surface area contributed by atoms with Crippen molar-refractivity contribution in [1.82, 2.24) is 24.6 Å². The number of rotatable bonds is 5. The number of hydrogen-bond donors (Lipinski definition) is 0. The lowest BCUT2D eigenvalue weighted by atomic mass is 10.1. The fourth-order valence-corrected chi connectivity index (χ4v) is 4.25. The van der Waals surface area contributed by atoms with Crippen LogP contribution in [0.4, 0.5) is 0 Å². The van der Waals surface area contributed by atoms with E-state index in [1.165, 1.54) is 11.8 Å². The van der Waals surface area contributed by atoms with Gasteiger partial charge in [0.1, 0.15) is 0 Å². The normalized spacial score (nSPS) is 13.9. The van der Waals surface area contributed by atoms with Crippen molar-refractivity contribution in [2.75, 3.05) is 18.8 Å². The van der Waals surface area contributed by atoms with E-state index in [0.29, 0.717) is 5.75 Å². The molecule has 0 atom stereocenters. The summed E-state index contributed by atoms with van der Waals surface area (Å²) in [4.78, 5) is 18.7. The minimum atomic E-state index is 0.168. The minimum Gasteiger partial charge on any atom is -0.342 e. The number of aryl methyl sites for hydroxylation is 2. The minimum absolute atomic E-state index is 0.168. The molecule has 1 fully saturated rings. The first-order valence-electron chi connectivity index (χ1n) is 9.47. The van der Waals surface area contributed by atoms with Crippen LogP contribution in [-0.4, -0.2) is 49.4 Å². The Hall–Kier alpha value is -2.67. The first kappa shape index (κ1) is 18.7. The first-order valence-corrected chi connectivity index (χ1v) is 10.5. The smallest absolute Gasteiger partial charge is 0.233 e. The molecule has 7 heteroatoms. The van der Waals surface area contributed by atoms with Gasteiger partial charge in [-0.2, -0.15) is 0 Å². The number of carbonyl (C=O) groups is 1. The highest BCUT2D eigenvalue weighted by molar-refractivity contribution is 7.99. The summed E-state index contributed by atoms with van der Waals surface area (Å²) in [6, 6.07) is 10.2. The highest BCUT2D eigenvalue weighted by atomic mass is 32.2. The average molecular weight is 394 g/mol. The molecule has 0 unspecified atom stereocenters.